The SMILES string of the molecule is COCCNC(=O)CN(C)CC(=O)NC1CCC(C)CC1. The van der Waals surface area contributed by atoms with Crippen molar-refractivity contribution in [3.8, 4) is 0 Å². The highest BCUT2D eigenvalue weighted by atomic mass is 16.5. The van der Waals surface area contributed by atoms with E-state index in [1.165, 1.54) is 12.8 Å². The van der Waals surface area contributed by atoms with Crippen LogP contribution in [-0.2, 0) is 14.3 Å². The number of amides is 2. The maximum atomic E-state index is 11.9. The summed E-state index contributed by atoms with van der Waals surface area (Å²) >= 11 is 0. The molecule has 0 aromatic rings. The number of rotatable bonds is 8. The Kier molecular flexibility index (Phi) is 8.30. The van der Waals surface area contributed by atoms with Crippen molar-refractivity contribution in [2.45, 2.75) is 38.6 Å². The van der Waals surface area contributed by atoms with Gasteiger partial charge in [0.2, 0.25) is 11.8 Å². The Morgan fingerprint density at radius 1 is 1.14 bits per heavy atom. The van der Waals surface area contributed by atoms with Gasteiger partial charge in [0.25, 0.3) is 0 Å². The van der Waals surface area contributed by atoms with Gasteiger partial charge in [-0.2, -0.15) is 0 Å². The highest BCUT2D eigenvalue weighted by Gasteiger charge is 2.20. The minimum absolute atomic E-state index is 0.00162. The summed E-state index contributed by atoms with van der Waals surface area (Å²) in [5.41, 5.74) is 0. The van der Waals surface area contributed by atoms with Crippen LogP contribution in [0.5, 0.6) is 0 Å². The smallest absolute Gasteiger partial charge is 0.234 e. The van der Waals surface area contributed by atoms with Crippen LogP contribution < -0.4 is 10.6 Å². The van der Waals surface area contributed by atoms with E-state index in [-0.39, 0.29) is 24.9 Å². The van der Waals surface area contributed by atoms with Gasteiger partial charge in [-0.15, -0.1) is 0 Å². The quantitative estimate of drug-likeness (QED) is 0.636. The number of ether oxygens (including phenoxy) is 1. The zero-order valence-corrected chi connectivity index (χ0v) is 13.5. The molecule has 0 aliphatic heterocycles. The Morgan fingerprint density at radius 3 is 2.38 bits per heavy atom. The lowest BCUT2D eigenvalue weighted by Crippen LogP contribution is -2.45. The lowest BCUT2D eigenvalue weighted by atomic mass is 9.87. The molecule has 21 heavy (non-hydrogen) atoms. The Hall–Kier alpha value is -1.14. The molecule has 0 spiro atoms. The number of nitrogens with zero attached hydrogens (tertiary/aromatic N) is 1. The third kappa shape index (κ3) is 8.02. The van der Waals surface area contributed by atoms with Gasteiger partial charge in [-0.3, -0.25) is 14.5 Å². The Morgan fingerprint density at radius 2 is 1.76 bits per heavy atom. The van der Waals surface area contributed by atoms with Gasteiger partial charge in [0, 0.05) is 19.7 Å². The van der Waals surface area contributed by atoms with Crippen molar-refractivity contribution in [1.29, 1.82) is 0 Å². The topological polar surface area (TPSA) is 70.7 Å². The number of carbonyl (C=O) groups excluding carboxylic acids is 2. The Bertz CT molecular complexity index is 328. The lowest BCUT2D eigenvalue weighted by Gasteiger charge is -2.27. The van der Waals surface area contributed by atoms with Crippen molar-refractivity contribution in [2.75, 3.05) is 40.4 Å². The average molecular weight is 299 g/mol. The molecular formula is C15H29N3O3. The highest BCUT2D eigenvalue weighted by molar-refractivity contribution is 5.81. The first-order chi connectivity index (χ1) is 10.0. The predicted octanol–water partition coefficient (Wildman–Crippen LogP) is 0.376. The molecule has 2 amide bonds. The van der Waals surface area contributed by atoms with Crippen molar-refractivity contribution in [2.24, 2.45) is 5.92 Å². The molecule has 1 fully saturated rings. The number of methoxy groups -OCH3 is 1. The minimum Gasteiger partial charge on any atom is -0.383 e. The van der Waals surface area contributed by atoms with Gasteiger partial charge in [0.1, 0.15) is 0 Å². The molecule has 6 heteroatoms. The molecule has 0 aromatic heterocycles. The van der Waals surface area contributed by atoms with Crippen LogP contribution in [0.25, 0.3) is 0 Å². The monoisotopic (exact) mass is 299 g/mol. The summed E-state index contributed by atoms with van der Waals surface area (Å²) in [6.45, 7) is 3.72. The van der Waals surface area contributed by atoms with Gasteiger partial charge >= 0.3 is 0 Å². The Labute approximate surface area is 127 Å². The van der Waals surface area contributed by atoms with Crippen molar-refractivity contribution in [3.05, 3.63) is 0 Å². The van der Waals surface area contributed by atoms with Crippen LogP contribution in [0.15, 0.2) is 0 Å². The first kappa shape index (κ1) is 17.9. The molecule has 0 saturated heterocycles. The second kappa shape index (κ2) is 9.73. The molecular weight excluding hydrogens is 270 g/mol. The van der Waals surface area contributed by atoms with E-state index >= 15 is 0 Å². The van der Waals surface area contributed by atoms with E-state index in [0.717, 1.165) is 18.8 Å². The van der Waals surface area contributed by atoms with E-state index < -0.39 is 0 Å². The van der Waals surface area contributed by atoms with Crippen molar-refractivity contribution >= 4 is 11.8 Å². The van der Waals surface area contributed by atoms with E-state index in [4.69, 9.17) is 4.74 Å². The molecule has 0 unspecified atom stereocenters. The van der Waals surface area contributed by atoms with Crippen LogP contribution in [0.4, 0.5) is 0 Å². The van der Waals surface area contributed by atoms with E-state index in [2.05, 4.69) is 17.6 Å². The molecule has 122 valence electrons. The number of likely N-dealkylation sites (N-methyl/N-ethyl adjacent to an activating group) is 1. The molecule has 0 radical (unpaired) electrons. The second-order valence-electron chi connectivity index (χ2n) is 6.04. The molecule has 1 aliphatic carbocycles. The molecule has 1 aliphatic rings. The largest absolute Gasteiger partial charge is 0.383 e. The molecule has 2 N–H and O–H groups in total. The zero-order valence-electron chi connectivity index (χ0n) is 13.5. The van der Waals surface area contributed by atoms with Gasteiger partial charge in [-0.1, -0.05) is 6.92 Å². The maximum Gasteiger partial charge on any atom is 0.234 e. The van der Waals surface area contributed by atoms with Gasteiger partial charge < -0.3 is 15.4 Å². The van der Waals surface area contributed by atoms with Crippen LogP contribution in [-0.4, -0.2) is 63.2 Å². The summed E-state index contributed by atoms with van der Waals surface area (Å²) in [5.74, 6) is 0.687. The fourth-order valence-corrected chi connectivity index (χ4v) is 2.57. The number of carbonyl (C=O) groups is 2. The Balaban J connectivity index is 2.16. The van der Waals surface area contributed by atoms with Crippen LogP contribution in [0.2, 0.25) is 0 Å². The average Bonchev–Trinajstić information content (AvgIpc) is 2.41. The van der Waals surface area contributed by atoms with Crippen LogP contribution in [0.1, 0.15) is 32.6 Å². The van der Waals surface area contributed by atoms with Gasteiger partial charge in [0.05, 0.1) is 19.7 Å². The molecule has 1 rings (SSSR count). The normalized spacial score (nSPS) is 22.1. The third-order valence-electron chi connectivity index (χ3n) is 3.84. The summed E-state index contributed by atoms with van der Waals surface area (Å²) in [4.78, 5) is 25.3. The first-order valence-corrected chi connectivity index (χ1v) is 7.74. The van der Waals surface area contributed by atoms with Crippen LogP contribution in [0.3, 0.4) is 0 Å². The van der Waals surface area contributed by atoms with Gasteiger partial charge in [0.15, 0.2) is 0 Å². The van der Waals surface area contributed by atoms with Gasteiger partial charge in [-0.25, -0.2) is 0 Å². The second-order valence-corrected chi connectivity index (χ2v) is 6.04. The number of hydrogen-bond acceptors (Lipinski definition) is 4. The third-order valence-corrected chi connectivity index (χ3v) is 3.84. The van der Waals surface area contributed by atoms with Crippen molar-refractivity contribution in [3.63, 3.8) is 0 Å². The lowest BCUT2D eigenvalue weighted by molar-refractivity contribution is -0.125. The molecule has 0 bridgehead atoms. The highest BCUT2D eigenvalue weighted by Crippen LogP contribution is 2.23. The van der Waals surface area contributed by atoms with E-state index in [0.29, 0.717) is 19.2 Å². The molecule has 0 aromatic carbocycles. The fraction of sp³-hybridized carbons (Fsp3) is 0.867. The fourth-order valence-electron chi connectivity index (χ4n) is 2.57. The summed E-state index contributed by atoms with van der Waals surface area (Å²) < 4.78 is 4.86. The first-order valence-electron chi connectivity index (χ1n) is 7.74. The molecule has 0 heterocycles. The van der Waals surface area contributed by atoms with Crippen LogP contribution >= 0.6 is 0 Å². The summed E-state index contributed by atoms with van der Waals surface area (Å²) in [6, 6.07) is 0.303. The van der Waals surface area contributed by atoms with Gasteiger partial charge in [-0.05, 0) is 38.6 Å². The van der Waals surface area contributed by atoms with Crippen LogP contribution in [0, 0.1) is 5.92 Å². The van der Waals surface area contributed by atoms with E-state index in [1.807, 2.05) is 0 Å². The zero-order chi connectivity index (χ0) is 15.7. The minimum atomic E-state index is -0.0890. The number of nitrogens with one attached hydrogen (secondary N) is 2. The standard InChI is InChI=1S/C15H29N3O3/c1-12-4-6-13(7-5-12)17-15(20)11-18(2)10-14(19)16-8-9-21-3/h12-13H,4-11H2,1-3H3,(H,16,19)(H,17,20). The number of hydrogen-bond donors (Lipinski definition) is 2. The molecule has 1 saturated carbocycles. The van der Waals surface area contributed by atoms with Crippen molar-refractivity contribution < 1.29 is 14.3 Å². The summed E-state index contributed by atoms with van der Waals surface area (Å²) in [5, 5.41) is 5.80. The van der Waals surface area contributed by atoms with E-state index in [1.54, 1.807) is 19.1 Å². The maximum absolute atomic E-state index is 11.9. The predicted molar refractivity (Wildman–Crippen MR) is 81.9 cm³/mol. The summed E-state index contributed by atoms with van der Waals surface area (Å²) in [6.07, 6.45) is 4.49. The van der Waals surface area contributed by atoms with Crippen molar-refractivity contribution in [1.82, 2.24) is 15.5 Å². The summed E-state index contributed by atoms with van der Waals surface area (Å²) in [7, 11) is 3.37. The molecule has 6 nitrogen and oxygen atoms in total. The molecule has 0 atom stereocenters. The van der Waals surface area contributed by atoms with E-state index in [9.17, 15) is 9.59 Å².